The van der Waals surface area contributed by atoms with Crippen LogP contribution >= 0.6 is 11.8 Å². The number of H-pyrrole nitrogens is 1. The van der Waals surface area contributed by atoms with Gasteiger partial charge in [-0.2, -0.15) is 0 Å². The van der Waals surface area contributed by atoms with Crippen molar-refractivity contribution in [3.05, 3.63) is 69.1 Å². The lowest BCUT2D eigenvalue weighted by atomic mass is 9.69. The molecule has 2 aliphatic rings. The number of benzene rings is 2. The van der Waals surface area contributed by atoms with Crippen molar-refractivity contribution in [3.63, 3.8) is 0 Å². The van der Waals surface area contributed by atoms with Gasteiger partial charge in [0.15, 0.2) is 5.16 Å². The molecule has 0 bridgehead atoms. The van der Waals surface area contributed by atoms with Gasteiger partial charge < -0.3 is 4.98 Å². The first-order chi connectivity index (χ1) is 11.7. The number of hydrogen-bond donors (Lipinski definition) is 1. The maximum atomic E-state index is 12.3. The molecule has 1 unspecified atom stereocenters. The Balaban J connectivity index is 1.69. The Morgan fingerprint density at radius 1 is 1.17 bits per heavy atom. The summed E-state index contributed by atoms with van der Waals surface area (Å²) in [5.74, 6) is 0. The molecule has 0 fully saturated rings. The summed E-state index contributed by atoms with van der Waals surface area (Å²) in [5, 5.41) is 3.49. The Morgan fingerprint density at radius 2 is 2.00 bits per heavy atom. The molecule has 3 aromatic rings. The highest BCUT2D eigenvalue weighted by molar-refractivity contribution is 7.98. The Kier molecular flexibility index (Phi) is 2.95. The number of nitrogens with zero attached hydrogens (tertiary/aromatic N) is 1. The molecule has 1 N–H and O–H groups in total. The van der Waals surface area contributed by atoms with Gasteiger partial charge in [0.1, 0.15) is 0 Å². The van der Waals surface area contributed by atoms with Gasteiger partial charge in [-0.1, -0.05) is 48.2 Å². The van der Waals surface area contributed by atoms with E-state index in [1.807, 2.05) is 6.26 Å². The quantitative estimate of drug-likeness (QED) is 0.546. The molecule has 1 atom stereocenters. The Morgan fingerprint density at radius 3 is 2.83 bits per heavy atom. The Hall–Kier alpha value is -2.07. The summed E-state index contributed by atoms with van der Waals surface area (Å²) < 4.78 is 0. The molecule has 1 heterocycles. The number of fused-ring (bicyclic) bond motifs is 2. The zero-order valence-corrected chi connectivity index (χ0v) is 14.4. The molecule has 0 aliphatic heterocycles. The lowest BCUT2D eigenvalue weighted by Crippen LogP contribution is -2.36. The van der Waals surface area contributed by atoms with Crippen LogP contribution in [0.25, 0.3) is 10.8 Å². The van der Waals surface area contributed by atoms with Crippen LogP contribution in [-0.4, -0.2) is 16.2 Å². The van der Waals surface area contributed by atoms with Gasteiger partial charge in [-0.15, -0.1) is 0 Å². The number of thioether (sulfide) groups is 1. The normalized spacial score (nSPS) is 21.4. The number of nitrogens with one attached hydrogen (secondary N) is 1. The minimum Gasteiger partial charge on any atom is -0.301 e. The van der Waals surface area contributed by atoms with Gasteiger partial charge in [-0.25, -0.2) is 4.98 Å². The highest BCUT2D eigenvalue weighted by atomic mass is 32.2. The van der Waals surface area contributed by atoms with Gasteiger partial charge in [-0.3, -0.25) is 4.79 Å². The van der Waals surface area contributed by atoms with E-state index in [0.29, 0.717) is 0 Å². The van der Waals surface area contributed by atoms with Gasteiger partial charge in [0.25, 0.3) is 5.56 Å². The summed E-state index contributed by atoms with van der Waals surface area (Å²) >= 11 is 1.50. The van der Waals surface area contributed by atoms with E-state index in [1.165, 1.54) is 33.7 Å². The van der Waals surface area contributed by atoms with E-state index in [1.54, 1.807) is 0 Å². The first kappa shape index (κ1) is 14.3. The predicted octanol–water partition coefficient (Wildman–Crippen LogP) is 3.63. The Labute approximate surface area is 144 Å². The summed E-state index contributed by atoms with van der Waals surface area (Å²) in [7, 11) is 0. The second-order valence-corrected chi connectivity index (χ2v) is 7.75. The number of hydrogen-bond acceptors (Lipinski definition) is 3. The van der Waals surface area contributed by atoms with Crippen LogP contribution in [0.15, 0.2) is 46.3 Å². The minimum atomic E-state index is 0.0490. The lowest BCUT2D eigenvalue weighted by molar-refractivity contribution is 0.372. The topological polar surface area (TPSA) is 45.8 Å². The summed E-state index contributed by atoms with van der Waals surface area (Å²) in [6.07, 6.45) is 5.73. The third kappa shape index (κ3) is 1.86. The molecule has 2 aliphatic carbocycles. The third-order valence-corrected chi connectivity index (χ3v) is 6.30. The molecule has 2 aromatic carbocycles. The van der Waals surface area contributed by atoms with Crippen molar-refractivity contribution in [1.29, 1.82) is 0 Å². The molecule has 3 nitrogen and oxygen atoms in total. The van der Waals surface area contributed by atoms with Crippen LogP contribution in [0.5, 0.6) is 0 Å². The molecule has 1 spiro atoms. The van der Waals surface area contributed by atoms with Crippen molar-refractivity contribution >= 4 is 22.5 Å². The van der Waals surface area contributed by atoms with Crippen LogP contribution in [0.1, 0.15) is 28.8 Å². The second-order valence-electron chi connectivity index (χ2n) is 6.96. The van der Waals surface area contributed by atoms with Crippen molar-refractivity contribution in [2.24, 2.45) is 0 Å². The van der Waals surface area contributed by atoms with E-state index in [0.717, 1.165) is 42.1 Å². The molecular weight excluding hydrogens is 316 g/mol. The van der Waals surface area contributed by atoms with Gasteiger partial charge in [0.05, 0.1) is 5.69 Å². The fraction of sp³-hybridized carbons (Fsp3) is 0.300. The fourth-order valence-electron chi connectivity index (χ4n) is 4.64. The highest BCUT2D eigenvalue weighted by Crippen LogP contribution is 2.48. The first-order valence-corrected chi connectivity index (χ1v) is 9.60. The second kappa shape index (κ2) is 4.96. The number of aromatic nitrogens is 2. The van der Waals surface area contributed by atoms with Crippen molar-refractivity contribution in [2.75, 3.05) is 6.26 Å². The summed E-state index contributed by atoms with van der Waals surface area (Å²) in [6.45, 7) is 0. The average Bonchev–Trinajstić information content (AvgIpc) is 2.90. The van der Waals surface area contributed by atoms with E-state index in [-0.39, 0.29) is 11.0 Å². The van der Waals surface area contributed by atoms with Crippen LogP contribution < -0.4 is 5.56 Å². The molecular formula is C20H18N2OS. The summed E-state index contributed by atoms with van der Waals surface area (Å²) in [5.41, 5.74) is 4.94. The predicted molar refractivity (Wildman–Crippen MR) is 98.0 cm³/mol. The van der Waals surface area contributed by atoms with Gasteiger partial charge in [0.2, 0.25) is 0 Å². The van der Waals surface area contributed by atoms with E-state index in [2.05, 4.69) is 41.4 Å². The molecule has 0 amide bonds. The van der Waals surface area contributed by atoms with Crippen molar-refractivity contribution in [3.8, 4) is 0 Å². The van der Waals surface area contributed by atoms with Crippen LogP contribution in [0.2, 0.25) is 0 Å². The van der Waals surface area contributed by atoms with E-state index >= 15 is 0 Å². The maximum absolute atomic E-state index is 12.3. The number of rotatable bonds is 1. The molecule has 0 saturated carbocycles. The molecule has 1 aromatic heterocycles. The van der Waals surface area contributed by atoms with E-state index in [9.17, 15) is 4.79 Å². The zero-order valence-electron chi connectivity index (χ0n) is 13.6. The summed E-state index contributed by atoms with van der Waals surface area (Å²) in [6, 6.07) is 13.3. The SMILES string of the molecule is CSc1nc2c(c(=O)[nH]1)CCC1(C2)Cc2cccc3cccc1c23. The van der Waals surface area contributed by atoms with Crippen molar-refractivity contribution < 1.29 is 0 Å². The molecule has 24 heavy (non-hydrogen) atoms. The lowest BCUT2D eigenvalue weighted by Gasteiger charge is -2.35. The fourth-order valence-corrected chi connectivity index (χ4v) is 5.04. The molecule has 5 rings (SSSR count). The van der Waals surface area contributed by atoms with Crippen molar-refractivity contribution in [2.45, 2.75) is 36.3 Å². The van der Waals surface area contributed by atoms with Crippen LogP contribution in [0, 0.1) is 0 Å². The average molecular weight is 334 g/mol. The van der Waals surface area contributed by atoms with E-state index < -0.39 is 0 Å². The summed E-state index contributed by atoms with van der Waals surface area (Å²) in [4.78, 5) is 20.0. The minimum absolute atomic E-state index is 0.0490. The monoisotopic (exact) mass is 334 g/mol. The standard InChI is InChI=1S/C20H18N2OS/c1-24-19-21-16-11-20(9-8-14(16)18(23)22-19)10-13-6-2-4-12-5-3-7-15(20)17(12)13/h2-7H,8-11H2,1H3,(H,21,22,23). The highest BCUT2D eigenvalue weighted by Gasteiger charge is 2.42. The zero-order chi connectivity index (χ0) is 16.3. The first-order valence-electron chi connectivity index (χ1n) is 8.37. The smallest absolute Gasteiger partial charge is 0.254 e. The molecule has 0 radical (unpaired) electrons. The Bertz CT molecular complexity index is 1030. The maximum Gasteiger partial charge on any atom is 0.254 e. The largest absolute Gasteiger partial charge is 0.301 e. The number of aromatic amines is 1. The van der Waals surface area contributed by atoms with Gasteiger partial charge in [-0.05, 0) is 47.4 Å². The van der Waals surface area contributed by atoms with Crippen LogP contribution in [-0.2, 0) is 24.7 Å². The third-order valence-electron chi connectivity index (χ3n) is 5.72. The molecule has 4 heteroatoms. The van der Waals surface area contributed by atoms with Gasteiger partial charge in [0, 0.05) is 17.4 Å². The van der Waals surface area contributed by atoms with Crippen molar-refractivity contribution in [1.82, 2.24) is 9.97 Å². The van der Waals surface area contributed by atoms with E-state index in [4.69, 9.17) is 4.98 Å². The molecule has 120 valence electrons. The van der Waals surface area contributed by atoms with Gasteiger partial charge >= 0.3 is 0 Å². The molecule has 0 saturated heterocycles. The van der Waals surface area contributed by atoms with Crippen LogP contribution in [0.3, 0.4) is 0 Å². The van der Waals surface area contributed by atoms with Crippen LogP contribution in [0.4, 0.5) is 0 Å².